The number of sulfonamides is 2. The fourth-order valence-corrected chi connectivity index (χ4v) is 3.23. The standard InChI is InChI=1S/2C7H8ClNO2S.Na.H/c2*1-6-2-4-7(5-3-6)12(10,11)9-8;;/h2*2-5,9H,1H3;;/q;;+1;-1. The first kappa shape index (κ1) is 24.8. The average molecular weight is 435 g/mol. The molecular weight excluding hydrogens is 418 g/mol. The van der Waals surface area contributed by atoms with E-state index in [1.165, 1.54) is 24.3 Å². The van der Waals surface area contributed by atoms with Crippen LogP contribution in [-0.4, -0.2) is 16.8 Å². The second kappa shape index (κ2) is 10.9. The third kappa shape index (κ3) is 7.94. The van der Waals surface area contributed by atoms with Gasteiger partial charge < -0.3 is 1.43 Å². The number of hydrogen-bond donors (Lipinski definition) is 2. The number of rotatable bonds is 4. The van der Waals surface area contributed by atoms with E-state index in [9.17, 15) is 16.8 Å². The molecule has 0 spiro atoms. The van der Waals surface area contributed by atoms with E-state index in [0.717, 1.165) is 11.1 Å². The fourth-order valence-electron chi connectivity index (χ4n) is 1.52. The number of aryl methyl sites for hydroxylation is 2. The molecule has 0 fully saturated rings. The molecule has 0 aromatic heterocycles. The largest absolute Gasteiger partial charge is 1.00 e. The van der Waals surface area contributed by atoms with Gasteiger partial charge in [0, 0.05) is 0 Å². The second-order valence-corrected chi connectivity index (χ2v) is 8.98. The zero-order chi connectivity index (χ0) is 18.4. The van der Waals surface area contributed by atoms with Gasteiger partial charge in [0.05, 0.1) is 9.79 Å². The van der Waals surface area contributed by atoms with E-state index in [1.807, 2.05) is 13.8 Å². The van der Waals surface area contributed by atoms with Crippen LogP contribution in [0.1, 0.15) is 12.6 Å². The minimum Gasteiger partial charge on any atom is -1.00 e. The Balaban J connectivity index is 0. The summed E-state index contributed by atoms with van der Waals surface area (Å²) >= 11 is 10.1. The van der Waals surface area contributed by atoms with Crippen LogP contribution in [0.5, 0.6) is 0 Å². The summed E-state index contributed by atoms with van der Waals surface area (Å²) in [5.74, 6) is 0. The molecule has 0 saturated heterocycles. The summed E-state index contributed by atoms with van der Waals surface area (Å²) in [5, 5.41) is 0. The van der Waals surface area contributed by atoms with Gasteiger partial charge in [-0.2, -0.15) is 0 Å². The molecule has 2 rings (SSSR count). The molecule has 0 aliphatic carbocycles. The van der Waals surface area contributed by atoms with Gasteiger partial charge in [-0.05, 0) is 61.7 Å². The molecule has 0 saturated carbocycles. The Morgan fingerprint density at radius 2 is 0.920 bits per heavy atom. The molecule has 2 aromatic rings. The molecule has 134 valence electrons. The normalized spacial score (nSPS) is 11.0. The van der Waals surface area contributed by atoms with Crippen molar-refractivity contribution in [2.45, 2.75) is 23.6 Å². The average Bonchev–Trinajstić information content (AvgIpc) is 2.56. The van der Waals surface area contributed by atoms with E-state index in [4.69, 9.17) is 23.6 Å². The number of benzene rings is 2. The van der Waals surface area contributed by atoms with Crippen LogP contribution >= 0.6 is 23.6 Å². The maximum Gasteiger partial charge on any atom is 1.00 e. The molecule has 0 radical (unpaired) electrons. The SMILES string of the molecule is Cc1ccc(S(=O)(=O)NCl)cc1.Cc1ccc(S(=O)(=O)NCl)cc1.[H-].[Na+]. The Kier molecular flexibility index (Phi) is 10.8. The molecule has 0 heterocycles. The molecule has 11 heteroatoms. The molecule has 0 aliphatic rings. The van der Waals surface area contributed by atoms with Gasteiger partial charge in [-0.1, -0.05) is 35.4 Å². The van der Waals surface area contributed by atoms with Crippen molar-refractivity contribution in [2.24, 2.45) is 0 Å². The van der Waals surface area contributed by atoms with Gasteiger partial charge in [0.15, 0.2) is 0 Å². The van der Waals surface area contributed by atoms with Crippen molar-refractivity contribution in [1.82, 2.24) is 8.48 Å². The van der Waals surface area contributed by atoms with Crippen LogP contribution in [0.15, 0.2) is 58.3 Å². The van der Waals surface area contributed by atoms with Crippen molar-refractivity contribution in [3.63, 3.8) is 0 Å². The summed E-state index contributed by atoms with van der Waals surface area (Å²) in [6, 6.07) is 12.8. The number of nitrogens with one attached hydrogen (secondary N) is 2. The molecule has 0 unspecified atom stereocenters. The molecule has 0 aliphatic heterocycles. The van der Waals surface area contributed by atoms with Crippen LogP contribution in [0.4, 0.5) is 0 Å². The van der Waals surface area contributed by atoms with Crippen LogP contribution in [0.2, 0.25) is 0 Å². The van der Waals surface area contributed by atoms with Crippen LogP contribution in [-0.2, 0) is 20.0 Å². The topological polar surface area (TPSA) is 92.3 Å². The minimum atomic E-state index is -3.50. The van der Waals surface area contributed by atoms with E-state index in [-0.39, 0.29) is 40.8 Å². The quantitative estimate of drug-likeness (QED) is 0.521. The van der Waals surface area contributed by atoms with E-state index in [0.29, 0.717) is 0 Å². The van der Waals surface area contributed by atoms with Crippen molar-refractivity contribution in [2.75, 3.05) is 0 Å². The van der Waals surface area contributed by atoms with Gasteiger partial charge >= 0.3 is 29.6 Å². The smallest absolute Gasteiger partial charge is 1.00 e. The third-order valence-corrected chi connectivity index (χ3v) is 6.28. The Labute approximate surface area is 182 Å². The summed E-state index contributed by atoms with van der Waals surface area (Å²) in [6.07, 6.45) is 0. The van der Waals surface area contributed by atoms with Gasteiger partial charge in [-0.15, -0.1) is 8.48 Å². The summed E-state index contributed by atoms with van der Waals surface area (Å²) in [6.45, 7) is 3.76. The van der Waals surface area contributed by atoms with Crippen molar-refractivity contribution in [3.05, 3.63) is 59.7 Å². The maximum absolute atomic E-state index is 11.1. The molecule has 25 heavy (non-hydrogen) atoms. The maximum atomic E-state index is 11.1. The van der Waals surface area contributed by atoms with Crippen LogP contribution in [0.25, 0.3) is 0 Å². The van der Waals surface area contributed by atoms with Gasteiger partial charge in [-0.3, -0.25) is 0 Å². The second-order valence-electron chi connectivity index (χ2n) is 4.79. The van der Waals surface area contributed by atoms with Crippen LogP contribution in [0, 0.1) is 13.8 Å². The summed E-state index contributed by atoms with van der Waals surface area (Å²) < 4.78 is 47.7. The van der Waals surface area contributed by atoms with E-state index in [1.54, 1.807) is 32.7 Å². The number of halogens is 2. The third-order valence-electron chi connectivity index (χ3n) is 2.87. The summed E-state index contributed by atoms with van der Waals surface area (Å²) in [7, 11) is -7.00. The van der Waals surface area contributed by atoms with Gasteiger partial charge in [0.1, 0.15) is 0 Å². The monoisotopic (exact) mass is 434 g/mol. The Bertz CT molecular complexity index is 803. The Morgan fingerprint density at radius 3 is 1.12 bits per heavy atom. The molecular formula is C14H17Cl2N2NaO4S2. The molecule has 6 nitrogen and oxygen atoms in total. The van der Waals surface area contributed by atoms with Crippen molar-refractivity contribution >= 4 is 43.6 Å². The van der Waals surface area contributed by atoms with Gasteiger partial charge in [-0.25, -0.2) is 16.8 Å². The predicted molar refractivity (Wildman–Crippen MR) is 95.8 cm³/mol. The summed E-state index contributed by atoms with van der Waals surface area (Å²) in [4.78, 5) is 0.339. The molecule has 0 amide bonds. The zero-order valence-electron chi connectivity index (χ0n) is 14.8. The zero-order valence-corrected chi connectivity index (χ0v) is 19.0. The van der Waals surface area contributed by atoms with E-state index >= 15 is 0 Å². The van der Waals surface area contributed by atoms with E-state index in [2.05, 4.69) is 0 Å². The first-order valence-corrected chi connectivity index (χ1v) is 10.2. The molecule has 0 atom stereocenters. The van der Waals surface area contributed by atoms with Crippen molar-refractivity contribution in [1.29, 1.82) is 0 Å². The first-order valence-electron chi connectivity index (χ1n) is 6.50. The Morgan fingerprint density at radius 1 is 0.680 bits per heavy atom. The number of hydrogen-bond acceptors (Lipinski definition) is 4. The minimum absolute atomic E-state index is 0. The first-order chi connectivity index (χ1) is 11.1. The predicted octanol–water partition coefficient (Wildman–Crippen LogP) is -0.0293. The molecule has 2 N–H and O–H groups in total. The van der Waals surface area contributed by atoms with Gasteiger partial charge in [0.25, 0.3) is 20.0 Å². The van der Waals surface area contributed by atoms with Crippen molar-refractivity contribution < 1.29 is 47.8 Å². The van der Waals surface area contributed by atoms with Crippen molar-refractivity contribution in [3.8, 4) is 0 Å². The molecule has 2 aromatic carbocycles. The van der Waals surface area contributed by atoms with E-state index < -0.39 is 20.0 Å². The molecule has 0 bridgehead atoms. The fraction of sp³-hybridized carbons (Fsp3) is 0.143. The van der Waals surface area contributed by atoms with Crippen LogP contribution < -0.4 is 38.0 Å². The summed E-state index contributed by atoms with van der Waals surface area (Å²) in [5.41, 5.74) is 2.01. The Hall–Kier alpha value is -0.160. The van der Waals surface area contributed by atoms with Crippen LogP contribution in [0.3, 0.4) is 0 Å². The van der Waals surface area contributed by atoms with Gasteiger partial charge in [0.2, 0.25) is 0 Å².